The third kappa shape index (κ3) is 10.3. The predicted octanol–water partition coefficient (Wildman–Crippen LogP) is 5.72. The van der Waals surface area contributed by atoms with E-state index in [-0.39, 0.29) is 18.3 Å². The summed E-state index contributed by atoms with van der Waals surface area (Å²) in [7, 11) is 0. The van der Waals surface area contributed by atoms with E-state index in [1.165, 1.54) is 77.0 Å². The van der Waals surface area contributed by atoms with Gasteiger partial charge in [-0.05, 0) is 12.8 Å². The van der Waals surface area contributed by atoms with E-state index in [4.69, 9.17) is 0 Å². The highest BCUT2D eigenvalue weighted by Crippen LogP contribution is 2.18. The Balaban J connectivity index is 1.81. The van der Waals surface area contributed by atoms with E-state index in [2.05, 4.69) is 11.7 Å². The molecule has 0 saturated carbocycles. The zero-order valence-electron chi connectivity index (χ0n) is 14.9. The third-order valence-corrected chi connectivity index (χ3v) is 4.50. The van der Waals surface area contributed by atoms with E-state index in [9.17, 15) is 9.59 Å². The van der Waals surface area contributed by atoms with Gasteiger partial charge in [-0.25, -0.2) is 0 Å². The second-order valence-electron chi connectivity index (χ2n) is 6.71. The fourth-order valence-electron chi connectivity index (χ4n) is 3.00. The van der Waals surface area contributed by atoms with Crippen LogP contribution < -0.4 is 0 Å². The molecule has 0 aromatic rings. The minimum atomic E-state index is -0.394. The summed E-state index contributed by atoms with van der Waals surface area (Å²) in [4.78, 5) is 22.2. The van der Waals surface area contributed by atoms with Gasteiger partial charge < -0.3 is 4.74 Å². The molecule has 0 spiro atoms. The molecule has 1 saturated heterocycles. The number of allylic oxidation sites excluding steroid dienone is 1. The Hall–Kier alpha value is -1.12. The molecule has 0 amide bonds. The summed E-state index contributed by atoms with van der Waals surface area (Å²) in [5.41, 5.74) is 0. The van der Waals surface area contributed by atoms with Gasteiger partial charge in [0.25, 0.3) is 0 Å². The number of rotatable bonds is 14. The monoisotopic (exact) mass is 322 g/mol. The number of ether oxygens (including phenoxy) is 1. The van der Waals surface area contributed by atoms with Gasteiger partial charge in [-0.3, -0.25) is 9.59 Å². The van der Waals surface area contributed by atoms with Gasteiger partial charge in [-0.1, -0.05) is 89.7 Å². The lowest BCUT2D eigenvalue weighted by Crippen LogP contribution is -2.03. The molecule has 0 radical (unpaired) electrons. The molecule has 0 aliphatic carbocycles. The molecule has 1 atom stereocenters. The van der Waals surface area contributed by atoms with E-state index < -0.39 is 5.97 Å². The highest BCUT2D eigenvalue weighted by atomic mass is 16.6. The van der Waals surface area contributed by atoms with Gasteiger partial charge >= 0.3 is 11.9 Å². The van der Waals surface area contributed by atoms with Crippen LogP contribution in [0.1, 0.15) is 96.8 Å². The Kier molecular flexibility index (Phi) is 11.5. The fourth-order valence-corrected chi connectivity index (χ4v) is 3.00. The van der Waals surface area contributed by atoms with Crippen LogP contribution in [0.15, 0.2) is 12.2 Å². The number of cyclic esters (lactones) is 2. The molecular formula is C20H34O3. The van der Waals surface area contributed by atoms with E-state index in [0.717, 1.165) is 6.42 Å². The number of hydrogen-bond donors (Lipinski definition) is 0. The number of unbranched alkanes of at least 4 members (excludes halogenated alkanes) is 12. The molecule has 23 heavy (non-hydrogen) atoms. The average molecular weight is 322 g/mol. The number of carbonyl (C=O) groups is 2. The largest absolute Gasteiger partial charge is 0.393 e. The summed E-state index contributed by atoms with van der Waals surface area (Å²) >= 11 is 0. The van der Waals surface area contributed by atoms with Crippen molar-refractivity contribution >= 4 is 11.9 Å². The quantitative estimate of drug-likeness (QED) is 0.178. The van der Waals surface area contributed by atoms with Gasteiger partial charge in [0.1, 0.15) is 0 Å². The second kappa shape index (κ2) is 13.3. The second-order valence-corrected chi connectivity index (χ2v) is 6.71. The summed E-state index contributed by atoms with van der Waals surface area (Å²) in [5, 5.41) is 0. The normalized spacial score (nSPS) is 18.0. The molecule has 1 fully saturated rings. The van der Waals surface area contributed by atoms with Crippen molar-refractivity contribution in [2.24, 2.45) is 5.92 Å². The van der Waals surface area contributed by atoms with Crippen LogP contribution in [0.5, 0.6) is 0 Å². The first-order chi connectivity index (χ1) is 11.2. The molecule has 0 unspecified atom stereocenters. The summed E-state index contributed by atoms with van der Waals surface area (Å²) in [6.45, 7) is 2.26. The highest BCUT2D eigenvalue weighted by molar-refractivity contribution is 5.95. The van der Waals surface area contributed by atoms with Gasteiger partial charge in [0.2, 0.25) is 0 Å². The summed E-state index contributed by atoms with van der Waals surface area (Å²) in [5.74, 6) is -1.12. The lowest BCUT2D eigenvalue weighted by atomic mass is 10.0. The van der Waals surface area contributed by atoms with Crippen molar-refractivity contribution in [1.82, 2.24) is 0 Å². The number of carbonyl (C=O) groups excluding carboxylic acids is 2. The molecule has 3 heteroatoms. The molecule has 0 N–H and O–H groups in total. The maximum absolute atomic E-state index is 11.3. The zero-order valence-corrected chi connectivity index (χ0v) is 14.9. The minimum absolute atomic E-state index is 0.216. The smallest absolute Gasteiger partial charge is 0.321 e. The summed E-state index contributed by atoms with van der Waals surface area (Å²) in [6, 6.07) is 0. The molecule has 0 aromatic heterocycles. The van der Waals surface area contributed by atoms with Crippen LogP contribution >= 0.6 is 0 Å². The van der Waals surface area contributed by atoms with E-state index in [1.54, 1.807) is 0 Å². The molecular weight excluding hydrogens is 288 g/mol. The maximum atomic E-state index is 11.3. The van der Waals surface area contributed by atoms with Crippen LogP contribution in [-0.2, 0) is 14.3 Å². The average Bonchev–Trinajstić information content (AvgIpc) is 2.85. The van der Waals surface area contributed by atoms with Gasteiger partial charge in [-0.15, -0.1) is 0 Å². The van der Waals surface area contributed by atoms with Crippen LogP contribution in [0.3, 0.4) is 0 Å². The first-order valence-corrected chi connectivity index (χ1v) is 9.65. The molecule has 1 aliphatic heterocycles. The minimum Gasteiger partial charge on any atom is -0.393 e. The molecule has 1 heterocycles. The molecule has 0 bridgehead atoms. The van der Waals surface area contributed by atoms with E-state index >= 15 is 0 Å². The Bertz CT molecular complexity index is 360. The SMILES string of the molecule is CCCCCCCCCCCCCC/C=C/[C@@H]1CC(=O)OC1=O. The van der Waals surface area contributed by atoms with Crippen molar-refractivity contribution in [1.29, 1.82) is 0 Å². The van der Waals surface area contributed by atoms with Crippen LogP contribution in [0.25, 0.3) is 0 Å². The first kappa shape index (κ1) is 19.9. The van der Waals surface area contributed by atoms with Crippen molar-refractivity contribution in [3.05, 3.63) is 12.2 Å². The molecule has 1 rings (SSSR count). The van der Waals surface area contributed by atoms with Crippen molar-refractivity contribution < 1.29 is 14.3 Å². The summed E-state index contributed by atoms with van der Waals surface area (Å²) < 4.78 is 4.51. The van der Waals surface area contributed by atoms with Crippen LogP contribution in [-0.4, -0.2) is 11.9 Å². The zero-order chi connectivity index (χ0) is 16.8. The Morgan fingerprint density at radius 3 is 1.87 bits per heavy atom. The van der Waals surface area contributed by atoms with Gasteiger partial charge in [0.05, 0.1) is 12.3 Å². The van der Waals surface area contributed by atoms with Crippen LogP contribution in [0, 0.1) is 5.92 Å². The first-order valence-electron chi connectivity index (χ1n) is 9.65. The van der Waals surface area contributed by atoms with E-state index in [1.807, 2.05) is 12.2 Å². The maximum Gasteiger partial charge on any atom is 0.321 e. The Labute approximate surface area is 141 Å². The van der Waals surface area contributed by atoms with Crippen molar-refractivity contribution in [2.75, 3.05) is 0 Å². The fraction of sp³-hybridized carbons (Fsp3) is 0.800. The lowest BCUT2D eigenvalue weighted by molar-refractivity contribution is -0.152. The summed E-state index contributed by atoms with van der Waals surface area (Å²) in [6.07, 6.45) is 21.3. The molecule has 0 aromatic carbocycles. The Morgan fingerprint density at radius 1 is 0.870 bits per heavy atom. The number of esters is 2. The number of hydrogen-bond acceptors (Lipinski definition) is 3. The standard InChI is InChI=1S/C20H34O3/c1-2-3-4-5-6-7-8-9-10-11-12-13-14-15-16-18-17-19(21)23-20(18)22/h15-16,18H,2-14,17H2,1H3/b16-15+/t18-/m1/s1. The Morgan fingerprint density at radius 2 is 1.39 bits per heavy atom. The lowest BCUT2D eigenvalue weighted by Gasteiger charge is -2.02. The van der Waals surface area contributed by atoms with Gasteiger partial charge in [0, 0.05) is 0 Å². The van der Waals surface area contributed by atoms with Crippen molar-refractivity contribution in [3.63, 3.8) is 0 Å². The van der Waals surface area contributed by atoms with Crippen LogP contribution in [0.4, 0.5) is 0 Å². The predicted molar refractivity (Wildman–Crippen MR) is 94.0 cm³/mol. The van der Waals surface area contributed by atoms with Gasteiger partial charge in [-0.2, -0.15) is 0 Å². The van der Waals surface area contributed by atoms with Crippen LogP contribution in [0.2, 0.25) is 0 Å². The molecule has 3 nitrogen and oxygen atoms in total. The molecule has 1 aliphatic rings. The van der Waals surface area contributed by atoms with E-state index in [0.29, 0.717) is 0 Å². The van der Waals surface area contributed by atoms with Crippen molar-refractivity contribution in [2.45, 2.75) is 96.8 Å². The van der Waals surface area contributed by atoms with Gasteiger partial charge in [0.15, 0.2) is 0 Å². The topological polar surface area (TPSA) is 43.4 Å². The third-order valence-electron chi connectivity index (χ3n) is 4.50. The molecule has 132 valence electrons. The highest BCUT2D eigenvalue weighted by Gasteiger charge is 2.30. The van der Waals surface area contributed by atoms with Crippen molar-refractivity contribution in [3.8, 4) is 0 Å².